The molecule has 1 aromatic rings. The van der Waals surface area contributed by atoms with Crippen molar-refractivity contribution in [1.82, 2.24) is 10.6 Å². The van der Waals surface area contributed by atoms with E-state index in [0.29, 0.717) is 17.9 Å². The van der Waals surface area contributed by atoms with Crippen molar-refractivity contribution in [3.63, 3.8) is 0 Å². The first-order chi connectivity index (χ1) is 8.83. The molecule has 2 fully saturated rings. The number of aryl methyl sites for hydroxylation is 2. The molecular weight excluding hydrogens is 280 g/mol. The predicted octanol–water partition coefficient (Wildman–Crippen LogP) is 2.00. The summed E-state index contributed by atoms with van der Waals surface area (Å²) in [6.45, 7) is 2.16. The second-order valence-electron chi connectivity index (χ2n) is 5.75. The smallest absolute Gasteiger partial charge is 0.261 e. The molecule has 3 nitrogen and oxygen atoms in total. The van der Waals surface area contributed by atoms with Crippen LogP contribution in [0.3, 0.4) is 0 Å². The van der Waals surface area contributed by atoms with Crippen LogP contribution in [0.15, 0.2) is 6.07 Å². The third kappa shape index (κ3) is 2.30. The number of piperidine rings is 1. The summed E-state index contributed by atoms with van der Waals surface area (Å²) in [6.07, 6.45) is 4.90. The first kappa shape index (κ1) is 13.4. The number of carbonyl (C=O) groups excluding carboxylic acids is 1. The van der Waals surface area contributed by atoms with E-state index in [2.05, 4.69) is 16.7 Å². The Morgan fingerprint density at radius 1 is 1.26 bits per heavy atom. The van der Waals surface area contributed by atoms with Crippen LogP contribution in [0, 0.1) is 11.8 Å². The van der Waals surface area contributed by atoms with E-state index >= 15 is 0 Å². The van der Waals surface area contributed by atoms with Gasteiger partial charge in [0, 0.05) is 24.0 Å². The van der Waals surface area contributed by atoms with Gasteiger partial charge in [0.25, 0.3) is 5.91 Å². The van der Waals surface area contributed by atoms with Crippen LogP contribution >= 0.6 is 23.7 Å². The SMILES string of the molecule is Cl.O=C(NC1C2CNCC21)c1cc2c(s1)CCCC2. The number of hydrogen-bond donors (Lipinski definition) is 2. The highest BCUT2D eigenvalue weighted by Gasteiger charge is 2.53. The van der Waals surface area contributed by atoms with Gasteiger partial charge in [-0.15, -0.1) is 23.7 Å². The number of fused-ring (bicyclic) bond motifs is 2. The van der Waals surface area contributed by atoms with Crippen molar-refractivity contribution in [2.24, 2.45) is 11.8 Å². The van der Waals surface area contributed by atoms with Crippen LogP contribution in [-0.2, 0) is 12.8 Å². The number of hydrogen-bond acceptors (Lipinski definition) is 3. The zero-order valence-electron chi connectivity index (χ0n) is 10.8. The van der Waals surface area contributed by atoms with Gasteiger partial charge in [-0.25, -0.2) is 0 Å². The van der Waals surface area contributed by atoms with Crippen molar-refractivity contribution in [3.8, 4) is 0 Å². The minimum Gasteiger partial charge on any atom is -0.348 e. The monoisotopic (exact) mass is 298 g/mol. The molecule has 1 saturated heterocycles. The Balaban J connectivity index is 0.00000110. The first-order valence-corrected chi connectivity index (χ1v) is 7.78. The van der Waals surface area contributed by atoms with Gasteiger partial charge in [-0.05, 0) is 49.1 Å². The third-order valence-corrected chi connectivity index (χ3v) is 5.85. The number of nitrogens with one attached hydrogen (secondary N) is 2. The molecule has 2 N–H and O–H groups in total. The molecule has 0 radical (unpaired) electrons. The quantitative estimate of drug-likeness (QED) is 0.877. The largest absolute Gasteiger partial charge is 0.348 e. The fourth-order valence-electron chi connectivity index (χ4n) is 3.46. The summed E-state index contributed by atoms with van der Waals surface area (Å²) in [6, 6.07) is 2.57. The van der Waals surface area contributed by atoms with Gasteiger partial charge >= 0.3 is 0 Å². The molecule has 0 spiro atoms. The van der Waals surface area contributed by atoms with Gasteiger partial charge in [-0.2, -0.15) is 0 Å². The maximum Gasteiger partial charge on any atom is 0.261 e. The van der Waals surface area contributed by atoms with Gasteiger partial charge < -0.3 is 10.6 Å². The van der Waals surface area contributed by atoms with E-state index in [9.17, 15) is 4.79 Å². The zero-order valence-corrected chi connectivity index (χ0v) is 12.4. The second-order valence-corrected chi connectivity index (χ2v) is 6.89. The van der Waals surface area contributed by atoms with Crippen LogP contribution < -0.4 is 10.6 Å². The fraction of sp³-hybridized carbons (Fsp3) is 0.643. The Bertz CT molecular complexity index is 468. The van der Waals surface area contributed by atoms with E-state index in [-0.39, 0.29) is 18.3 Å². The molecule has 1 saturated carbocycles. The maximum atomic E-state index is 12.2. The lowest BCUT2D eigenvalue weighted by Crippen LogP contribution is -2.32. The van der Waals surface area contributed by atoms with Crippen LogP contribution in [0.1, 0.15) is 33.0 Å². The van der Waals surface area contributed by atoms with Gasteiger partial charge in [-0.1, -0.05) is 0 Å². The third-order valence-electron chi connectivity index (χ3n) is 4.61. The van der Waals surface area contributed by atoms with E-state index in [1.807, 2.05) is 0 Å². The number of halogens is 1. The molecule has 0 bridgehead atoms. The highest BCUT2D eigenvalue weighted by atomic mass is 35.5. The lowest BCUT2D eigenvalue weighted by molar-refractivity contribution is 0.0950. The van der Waals surface area contributed by atoms with Crippen LogP contribution in [0.4, 0.5) is 0 Å². The van der Waals surface area contributed by atoms with Gasteiger partial charge in [0.15, 0.2) is 0 Å². The van der Waals surface area contributed by atoms with E-state index in [0.717, 1.165) is 24.4 Å². The molecule has 2 aliphatic carbocycles. The van der Waals surface area contributed by atoms with Gasteiger partial charge in [0.05, 0.1) is 4.88 Å². The number of thiophene rings is 1. The Kier molecular flexibility index (Phi) is 3.58. The van der Waals surface area contributed by atoms with E-state index in [1.54, 1.807) is 11.3 Å². The van der Waals surface area contributed by atoms with Crippen LogP contribution in [0.25, 0.3) is 0 Å². The minimum absolute atomic E-state index is 0. The maximum absolute atomic E-state index is 12.2. The standard InChI is InChI=1S/C14H18N2OS.ClH/c17-14(16-13-9-6-15-7-10(9)13)12-5-8-3-1-2-4-11(8)18-12;/h5,9-10,13,15H,1-4,6-7H2,(H,16,17);1H. The minimum atomic E-state index is 0. The average Bonchev–Trinajstić information content (AvgIpc) is 2.84. The Hall–Kier alpha value is -0.580. The summed E-state index contributed by atoms with van der Waals surface area (Å²) in [7, 11) is 0. The molecular formula is C14H19ClN2OS. The summed E-state index contributed by atoms with van der Waals surface area (Å²) in [5.41, 5.74) is 1.43. The summed E-state index contributed by atoms with van der Waals surface area (Å²) in [5.74, 6) is 1.56. The highest BCUT2D eigenvalue weighted by molar-refractivity contribution is 7.14. The molecule has 1 aliphatic heterocycles. The molecule has 104 valence electrons. The first-order valence-electron chi connectivity index (χ1n) is 6.96. The summed E-state index contributed by atoms with van der Waals surface area (Å²) in [5, 5.41) is 6.57. The van der Waals surface area contributed by atoms with E-state index in [1.165, 1.54) is 29.7 Å². The van der Waals surface area contributed by atoms with Crippen LogP contribution in [-0.4, -0.2) is 25.0 Å². The lowest BCUT2D eigenvalue weighted by Gasteiger charge is -2.08. The van der Waals surface area contributed by atoms with Gasteiger partial charge in [0.2, 0.25) is 0 Å². The summed E-state index contributed by atoms with van der Waals surface area (Å²) < 4.78 is 0. The fourth-order valence-corrected chi connectivity index (χ4v) is 4.61. The van der Waals surface area contributed by atoms with Gasteiger partial charge in [0.1, 0.15) is 0 Å². The van der Waals surface area contributed by atoms with Crippen molar-refractivity contribution < 1.29 is 4.79 Å². The van der Waals surface area contributed by atoms with Crippen molar-refractivity contribution in [3.05, 3.63) is 21.4 Å². The van der Waals surface area contributed by atoms with Crippen molar-refractivity contribution in [2.45, 2.75) is 31.7 Å². The molecule has 1 aromatic heterocycles. The molecule has 1 amide bonds. The number of amides is 1. The van der Waals surface area contributed by atoms with Crippen molar-refractivity contribution in [2.75, 3.05) is 13.1 Å². The lowest BCUT2D eigenvalue weighted by atomic mass is 9.99. The molecule has 5 heteroatoms. The summed E-state index contributed by atoms with van der Waals surface area (Å²) in [4.78, 5) is 14.6. The molecule has 2 heterocycles. The topological polar surface area (TPSA) is 41.1 Å². The number of carbonyl (C=O) groups is 1. The van der Waals surface area contributed by atoms with Crippen LogP contribution in [0.5, 0.6) is 0 Å². The molecule has 0 aromatic carbocycles. The highest BCUT2D eigenvalue weighted by Crippen LogP contribution is 2.42. The molecule has 3 aliphatic rings. The second kappa shape index (κ2) is 5.08. The summed E-state index contributed by atoms with van der Waals surface area (Å²) >= 11 is 1.71. The number of rotatable bonds is 2. The van der Waals surface area contributed by atoms with Crippen molar-refractivity contribution in [1.29, 1.82) is 0 Å². The van der Waals surface area contributed by atoms with E-state index in [4.69, 9.17) is 0 Å². The normalized spacial score (nSPS) is 31.1. The van der Waals surface area contributed by atoms with Gasteiger partial charge in [-0.3, -0.25) is 4.79 Å². The predicted molar refractivity (Wildman–Crippen MR) is 79.3 cm³/mol. The molecule has 19 heavy (non-hydrogen) atoms. The molecule has 4 rings (SSSR count). The Morgan fingerprint density at radius 2 is 2.00 bits per heavy atom. The average molecular weight is 299 g/mol. The van der Waals surface area contributed by atoms with Crippen molar-refractivity contribution >= 4 is 29.7 Å². The zero-order chi connectivity index (χ0) is 12.1. The van der Waals surface area contributed by atoms with E-state index < -0.39 is 0 Å². The Labute approximate surface area is 123 Å². The molecule has 2 unspecified atom stereocenters. The molecule has 2 atom stereocenters. The Morgan fingerprint density at radius 3 is 2.74 bits per heavy atom. The van der Waals surface area contributed by atoms with Crippen LogP contribution in [0.2, 0.25) is 0 Å².